The monoisotopic (exact) mass is 284 g/mol. The Labute approximate surface area is 121 Å². The third-order valence-corrected chi connectivity index (χ3v) is 5.05. The molecule has 108 valence electrons. The first-order valence-corrected chi connectivity index (χ1v) is 7.60. The molecule has 2 unspecified atom stereocenters. The molecule has 19 heavy (non-hydrogen) atoms. The van der Waals surface area contributed by atoms with E-state index in [2.05, 4.69) is 18.9 Å². The van der Waals surface area contributed by atoms with Crippen molar-refractivity contribution in [3.63, 3.8) is 0 Å². The van der Waals surface area contributed by atoms with E-state index in [9.17, 15) is 5.11 Å². The molecule has 0 spiro atoms. The number of aliphatic hydroxyl groups is 1. The number of hydrogen-bond acceptors (Lipinski definition) is 2. The molecule has 1 saturated carbocycles. The summed E-state index contributed by atoms with van der Waals surface area (Å²) in [6, 6.07) is 0. The highest BCUT2D eigenvalue weighted by Gasteiger charge is 2.36. The standard InChI is InChI=1S/C15H25ClN2O/c1-10(2)12-6-5-7-15(19,8-12)9-13-11(3)17-18(4)14(13)16/h10,12,19H,5-9H2,1-4H3. The molecule has 0 radical (unpaired) electrons. The van der Waals surface area contributed by atoms with Crippen LogP contribution in [0.15, 0.2) is 0 Å². The summed E-state index contributed by atoms with van der Waals surface area (Å²) < 4.78 is 1.69. The Morgan fingerprint density at radius 1 is 1.53 bits per heavy atom. The van der Waals surface area contributed by atoms with Crippen LogP contribution in [-0.2, 0) is 13.5 Å². The Balaban J connectivity index is 2.16. The number of nitrogens with zero attached hydrogens (tertiary/aromatic N) is 2. The maximum absolute atomic E-state index is 10.9. The van der Waals surface area contributed by atoms with Crippen molar-refractivity contribution in [3.05, 3.63) is 16.4 Å². The molecule has 1 N–H and O–H groups in total. The molecule has 0 aromatic carbocycles. The van der Waals surface area contributed by atoms with E-state index >= 15 is 0 Å². The lowest BCUT2D eigenvalue weighted by molar-refractivity contribution is -0.0240. The van der Waals surface area contributed by atoms with Gasteiger partial charge < -0.3 is 5.11 Å². The minimum atomic E-state index is -0.607. The maximum Gasteiger partial charge on any atom is 0.130 e. The normalized spacial score (nSPS) is 28.1. The fraction of sp³-hybridized carbons (Fsp3) is 0.800. The Hall–Kier alpha value is -0.540. The van der Waals surface area contributed by atoms with Gasteiger partial charge in [0.05, 0.1) is 11.3 Å². The van der Waals surface area contributed by atoms with Crippen LogP contribution in [0, 0.1) is 18.8 Å². The van der Waals surface area contributed by atoms with E-state index in [4.69, 9.17) is 11.6 Å². The summed E-state index contributed by atoms with van der Waals surface area (Å²) >= 11 is 6.28. The highest BCUT2D eigenvalue weighted by atomic mass is 35.5. The van der Waals surface area contributed by atoms with E-state index in [-0.39, 0.29) is 0 Å². The van der Waals surface area contributed by atoms with Crippen LogP contribution in [0.4, 0.5) is 0 Å². The summed E-state index contributed by atoms with van der Waals surface area (Å²) in [6.45, 7) is 6.46. The Morgan fingerprint density at radius 3 is 2.74 bits per heavy atom. The summed E-state index contributed by atoms with van der Waals surface area (Å²) in [4.78, 5) is 0. The molecular formula is C15H25ClN2O. The molecule has 2 rings (SSSR count). The molecule has 1 aliphatic carbocycles. The van der Waals surface area contributed by atoms with E-state index in [0.717, 1.165) is 30.5 Å². The van der Waals surface area contributed by atoms with Crippen LogP contribution in [0.5, 0.6) is 0 Å². The summed E-state index contributed by atoms with van der Waals surface area (Å²) in [5.41, 5.74) is 1.34. The van der Waals surface area contributed by atoms with Crippen molar-refractivity contribution < 1.29 is 5.11 Å². The van der Waals surface area contributed by atoms with Crippen molar-refractivity contribution in [2.75, 3.05) is 0 Å². The van der Waals surface area contributed by atoms with Crippen molar-refractivity contribution in [2.24, 2.45) is 18.9 Å². The maximum atomic E-state index is 10.9. The van der Waals surface area contributed by atoms with Gasteiger partial charge in [-0.05, 0) is 38.0 Å². The van der Waals surface area contributed by atoms with Crippen LogP contribution in [-0.4, -0.2) is 20.5 Å². The second-order valence-electron chi connectivity index (χ2n) is 6.48. The molecule has 1 fully saturated rings. The smallest absolute Gasteiger partial charge is 0.130 e. The molecule has 4 heteroatoms. The topological polar surface area (TPSA) is 38.0 Å². The number of rotatable bonds is 3. The van der Waals surface area contributed by atoms with E-state index in [1.807, 2.05) is 14.0 Å². The molecular weight excluding hydrogens is 260 g/mol. The van der Waals surface area contributed by atoms with Crippen LogP contribution in [0.2, 0.25) is 5.15 Å². The molecule has 1 aliphatic rings. The quantitative estimate of drug-likeness (QED) is 0.922. The predicted octanol–water partition coefficient (Wildman–Crippen LogP) is 3.50. The van der Waals surface area contributed by atoms with Gasteiger partial charge in [0.25, 0.3) is 0 Å². The van der Waals surface area contributed by atoms with Gasteiger partial charge in [-0.25, -0.2) is 0 Å². The van der Waals surface area contributed by atoms with Crippen LogP contribution >= 0.6 is 11.6 Å². The molecule has 1 aromatic heterocycles. The molecule has 0 amide bonds. The fourth-order valence-electron chi connectivity index (χ4n) is 3.32. The van der Waals surface area contributed by atoms with Gasteiger partial charge in [0.2, 0.25) is 0 Å². The third kappa shape index (κ3) is 3.14. The molecule has 1 aromatic rings. The first kappa shape index (κ1) is 14.9. The van der Waals surface area contributed by atoms with Gasteiger partial charge >= 0.3 is 0 Å². The zero-order valence-corrected chi connectivity index (χ0v) is 13.2. The number of aromatic nitrogens is 2. The minimum Gasteiger partial charge on any atom is -0.390 e. The summed E-state index contributed by atoms with van der Waals surface area (Å²) in [6.07, 6.45) is 4.74. The van der Waals surface area contributed by atoms with Crippen molar-refractivity contribution >= 4 is 11.6 Å². The van der Waals surface area contributed by atoms with Gasteiger partial charge in [-0.3, -0.25) is 4.68 Å². The Kier molecular flexibility index (Phi) is 4.26. The van der Waals surface area contributed by atoms with Gasteiger partial charge in [0.15, 0.2) is 0 Å². The lowest BCUT2D eigenvalue weighted by Gasteiger charge is -2.38. The fourth-order valence-corrected chi connectivity index (χ4v) is 3.56. The van der Waals surface area contributed by atoms with Crippen molar-refractivity contribution in [1.29, 1.82) is 0 Å². The molecule has 0 aliphatic heterocycles. The van der Waals surface area contributed by atoms with E-state index in [1.165, 1.54) is 6.42 Å². The van der Waals surface area contributed by atoms with Gasteiger partial charge in [-0.2, -0.15) is 5.10 Å². The zero-order chi connectivity index (χ0) is 14.2. The van der Waals surface area contributed by atoms with Crippen LogP contribution in [0.1, 0.15) is 50.8 Å². The first-order chi connectivity index (χ1) is 8.82. The Bertz CT molecular complexity index is 455. The molecule has 1 heterocycles. The van der Waals surface area contributed by atoms with Crippen molar-refractivity contribution in [1.82, 2.24) is 9.78 Å². The largest absolute Gasteiger partial charge is 0.390 e. The summed E-state index contributed by atoms with van der Waals surface area (Å²) in [5.74, 6) is 1.26. The molecule has 0 bridgehead atoms. The minimum absolute atomic E-state index is 0.607. The van der Waals surface area contributed by atoms with Crippen LogP contribution in [0.25, 0.3) is 0 Å². The van der Waals surface area contributed by atoms with Gasteiger partial charge in [-0.1, -0.05) is 31.9 Å². The van der Waals surface area contributed by atoms with Crippen LogP contribution < -0.4 is 0 Å². The Morgan fingerprint density at radius 2 is 2.21 bits per heavy atom. The highest BCUT2D eigenvalue weighted by Crippen LogP contribution is 2.39. The van der Waals surface area contributed by atoms with E-state index in [0.29, 0.717) is 23.4 Å². The number of halogens is 1. The average Bonchev–Trinajstić information content (AvgIpc) is 2.56. The molecule has 2 atom stereocenters. The van der Waals surface area contributed by atoms with E-state index < -0.39 is 5.60 Å². The average molecular weight is 285 g/mol. The van der Waals surface area contributed by atoms with Gasteiger partial charge in [-0.15, -0.1) is 0 Å². The molecule has 3 nitrogen and oxygen atoms in total. The lowest BCUT2D eigenvalue weighted by Crippen LogP contribution is -2.39. The second kappa shape index (κ2) is 5.45. The third-order valence-electron chi connectivity index (χ3n) is 4.58. The zero-order valence-electron chi connectivity index (χ0n) is 12.4. The number of hydrogen-bond donors (Lipinski definition) is 1. The summed E-state index contributed by atoms with van der Waals surface area (Å²) in [7, 11) is 1.85. The SMILES string of the molecule is Cc1nn(C)c(Cl)c1CC1(O)CCCC(C(C)C)C1. The van der Waals surface area contributed by atoms with Gasteiger partial charge in [0.1, 0.15) is 5.15 Å². The van der Waals surface area contributed by atoms with Crippen molar-refractivity contribution in [3.8, 4) is 0 Å². The number of aryl methyl sites for hydroxylation is 2. The van der Waals surface area contributed by atoms with Gasteiger partial charge in [0, 0.05) is 19.0 Å². The molecule has 0 saturated heterocycles. The first-order valence-electron chi connectivity index (χ1n) is 7.23. The lowest BCUT2D eigenvalue weighted by atomic mass is 9.71. The summed E-state index contributed by atoms with van der Waals surface area (Å²) in [5, 5.41) is 15.9. The second-order valence-corrected chi connectivity index (χ2v) is 6.84. The predicted molar refractivity (Wildman–Crippen MR) is 78.4 cm³/mol. The van der Waals surface area contributed by atoms with Crippen LogP contribution in [0.3, 0.4) is 0 Å². The highest BCUT2D eigenvalue weighted by molar-refractivity contribution is 6.30. The van der Waals surface area contributed by atoms with Crippen molar-refractivity contribution in [2.45, 2.75) is 58.5 Å². The van der Waals surface area contributed by atoms with E-state index in [1.54, 1.807) is 4.68 Å².